The van der Waals surface area contributed by atoms with Gasteiger partial charge in [-0.1, -0.05) is 0 Å². The number of hydrogen-bond acceptors (Lipinski definition) is 4. The Hall–Kier alpha value is -2.20. The highest BCUT2D eigenvalue weighted by Crippen LogP contribution is 2.14. The van der Waals surface area contributed by atoms with Crippen molar-refractivity contribution in [3.63, 3.8) is 0 Å². The minimum Gasteiger partial charge on any atom is -0.478 e. The average molecular weight is 305 g/mol. The van der Waals surface area contributed by atoms with Crippen LogP contribution in [0.15, 0.2) is 23.1 Å². The van der Waals surface area contributed by atoms with Crippen LogP contribution >= 0.6 is 0 Å². The number of carboxylic acid groups (broad SMARTS) is 1. The summed E-state index contributed by atoms with van der Waals surface area (Å²) < 4.78 is 38.8. The van der Waals surface area contributed by atoms with Gasteiger partial charge in [0.25, 0.3) is 0 Å². The smallest absolute Gasteiger partial charge is 0.338 e. The molecule has 110 valence electrons. The Morgan fingerprint density at radius 1 is 1.30 bits per heavy atom. The summed E-state index contributed by atoms with van der Waals surface area (Å²) in [6.07, 6.45) is 0. The first-order valence-corrected chi connectivity index (χ1v) is 6.78. The highest BCUT2D eigenvalue weighted by atomic mass is 32.2. The van der Waals surface area contributed by atoms with E-state index in [1.165, 1.54) is 0 Å². The summed E-state index contributed by atoms with van der Waals surface area (Å²) >= 11 is 0. The van der Waals surface area contributed by atoms with Crippen LogP contribution in [-0.4, -0.2) is 38.6 Å². The number of carbonyl (C=O) groups is 2. The molecule has 0 saturated heterocycles. The predicted octanol–water partition coefficient (Wildman–Crippen LogP) is -0.530. The molecule has 0 unspecified atom stereocenters. The van der Waals surface area contributed by atoms with Gasteiger partial charge in [-0.2, -0.15) is 0 Å². The SMILES string of the molecule is NC(=O)NCCNS(=O)(=O)c1ccc(F)c(C(=O)O)c1. The number of primary amides is 1. The van der Waals surface area contributed by atoms with E-state index in [4.69, 9.17) is 10.8 Å². The summed E-state index contributed by atoms with van der Waals surface area (Å²) in [5.74, 6) is -2.61. The molecule has 1 rings (SSSR count). The molecule has 2 amide bonds. The highest BCUT2D eigenvalue weighted by molar-refractivity contribution is 7.89. The molecule has 0 spiro atoms. The van der Waals surface area contributed by atoms with Crippen LogP contribution in [0.3, 0.4) is 0 Å². The molecule has 1 aromatic rings. The molecule has 0 fully saturated rings. The van der Waals surface area contributed by atoms with Crippen LogP contribution in [0.2, 0.25) is 0 Å². The van der Waals surface area contributed by atoms with Crippen molar-refractivity contribution in [2.45, 2.75) is 4.90 Å². The molecule has 10 heteroatoms. The number of urea groups is 1. The number of carbonyl (C=O) groups excluding carboxylic acids is 1. The van der Waals surface area contributed by atoms with Gasteiger partial charge in [0.2, 0.25) is 10.0 Å². The van der Waals surface area contributed by atoms with E-state index >= 15 is 0 Å². The third-order valence-corrected chi connectivity index (χ3v) is 3.65. The van der Waals surface area contributed by atoms with Crippen LogP contribution in [0.4, 0.5) is 9.18 Å². The molecule has 0 atom stereocenters. The van der Waals surface area contributed by atoms with Gasteiger partial charge in [0.05, 0.1) is 10.5 Å². The second-order valence-electron chi connectivity index (χ2n) is 3.64. The minimum atomic E-state index is -4.00. The van der Waals surface area contributed by atoms with E-state index in [-0.39, 0.29) is 13.1 Å². The summed E-state index contributed by atoms with van der Waals surface area (Å²) in [6, 6.07) is 1.59. The second kappa shape index (κ2) is 6.30. The van der Waals surface area contributed by atoms with Gasteiger partial charge >= 0.3 is 12.0 Å². The molecule has 0 radical (unpaired) electrons. The van der Waals surface area contributed by atoms with Crippen molar-refractivity contribution in [2.24, 2.45) is 5.73 Å². The van der Waals surface area contributed by atoms with Crippen molar-refractivity contribution in [1.29, 1.82) is 0 Å². The number of benzene rings is 1. The molecule has 0 saturated carbocycles. The zero-order valence-electron chi connectivity index (χ0n) is 10.1. The standard InChI is InChI=1S/C10H12FN3O5S/c11-8-2-1-6(5-7(8)9(15)16)20(18,19)14-4-3-13-10(12)17/h1-2,5,14H,3-4H2,(H,15,16)(H3,12,13,17). The predicted molar refractivity (Wildman–Crippen MR) is 66.1 cm³/mol. The van der Waals surface area contributed by atoms with E-state index in [1.54, 1.807) is 0 Å². The Morgan fingerprint density at radius 2 is 1.95 bits per heavy atom. The monoisotopic (exact) mass is 305 g/mol. The zero-order valence-corrected chi connectivity index (χ0v) is 10.9. The lowest BCUT2D eigenvalue weighted by Crippen LogP contribution is -2.37. The number of rotatable bonds is 6. The number of nitrogens with one attached hydrogen (secondary N) is 2. The molecule has 0 bridgehead atoms. The van der Waals surface area contributed by atoms with Crippen molar-refractivity contribution in [1.82, 2.24) is 10.0 Å². The molecule has 0 aliphatic carbocycles. The fourth-order valence-corrected chi connectivity index (χ4v) is 2.35. The molecule has 8 nitrogen and oxygen atoms in total. The number of hydrogen-bond donors (Lipinski definition) is 4. The average Bonchev–Trinajstić information content (AvgIpc) is 2.34. The summed E-state index contributed by atoms with van der Waals surface area (Å²) in [5, 5.41) is 10.9. The number of carboxylic acids is 1. The van der Waals surface area contributed by atoms with E-state index in [1.807, 2.05) is 0 Å². The number of sulfonamides is 1. The van der Waals surface area contributed by atoms with Gasteiger partial charge in [-0.3, -0.25) is 0 Å². The first kappa shape index (κ1) is 15.9. The molecule has 0 heterocycles. The van der Waals surface area contributed by atoms with Crippen molar-refractivity contribution in [3.8, 4) is 0 Å². The Kier molecular flexibility index (Phi) is 5.00. The summed E-state index contributed by atoms with van der Waals surface area (Å²) in [4.78, 5) is 20.7. The van der Waals surface area contributed by atoms with E-state index in [2.05, 4.69) is 10.0 Å². The summed E-state index contributed by atoms with van der Waals surface area (Å²) in [6.45, 7) is -0.188. The lowest BCUT2D eigenvalue weighted by molar-refractivity contribution is 0.0691. The van der Waals surface area contributed by atoms with Gasteiger partial charge in [-0.25, -0.2) is 27.1 Å². The van der Waals surface area contributed by atoms with Gasteiger partial charge in [-0.05, 0) is 18.2 Å². The van der Waals surface area contributed by atoms with Gasteiger partial charge in [0.1, 0.15) is 5.82 Å². The van der Waals surface area contributed by atoms with Crippen LogP contribution < -0.4 is 15.8 Å². The number of aromatic carboxylic acids is 1. The van der Waals surface area contributed by atoms with E-state index in [9.17, 15) is 22.4 Å². The summed E-state index contributed by atoms with van der Waals surface area (Å²) in [7, 11) is -4.00. The normalized spacial score (nSPS) is 11.1. The number of halogens is 1. The van der Waals surface area contributed by atoms with Crippen molar-refractivity contribution < 1.29 is 27.5 Å². The van der Waals surface area contributed by atoms with Crippen LogP contribution in [-0.2, 0) is 10.0 Å². The lowest BCUT2D eigenvalue weighted by atomic mass is 10.2. The minimum absolute atomic E-state index is 0.0401. The number of nitrogens with two attached hydrogens (primary N) is 1. The summed E-state index contributed by atoms with van der Waals surface area (Å²) in [5.41, 5.74) is 4.04. The third kappa shape index (κ3) is 4.17. The van der Waals surface area contributed by atoms with Crippen molar-refractivity contribution in [3.05, 3.63) is 29.6 Å². The fourth-order valence-electron chi connectivity index (χ4n) is 1.29. The first-order valence-electron chi connectivity index (χ1n) is 5.30. The fraction of sp³-hybridized carbons (Fsp3) is 0.200. The van der Waals surface area contributed by atoms with Crippen LogP contribution in [0.5, 0.6) is 0 Å². The van der Waals surface area contributed by atoms with Gasteiger partial charge in [0.15, 0.2) is 0 Å². The van der Waals surface area contributed by atoms with Gasteiger partial charge in [0, 0.05) is 13.1 Å². The van der Waals surface area contributed by atoms with Crippen LogP contribution in [0.25, 0.3) is 0 Å². The Morgan fingerprint density at radius 3 is 2.50 bits per heavy atom. The zero-order chi connectivity index (χ0) is 15.3. The molecule has 20 heavy (non-hydrogen) atoms. The molecular formula is C10H12FN3O5S. The van der Waals surface area contributed by atoms with Crippen LogP contribution in [0.1, 0.15) is 10.4 Å². The Labute approximate surface area is 113 Å². The molecule has 0 aromatic heterocycles. The maximum absolute atomic E-state index is 13.1. The second-order valence-corrected chi connectivity index (χ2v) is 5.40. The maximum Gasteiger partial charge on any atom is 0.338 e. The van der Waals surface area contributed by atoms with E-state index in [0.717, 1.165) is 12.1 Å². The third-order valence-electron chi connectivity index (χ3n) is 2.19. The van der Waals surface area contributed by atoms with Gasteiger partial charge < -0.3 is 16.2 Å². The molecular weight excluding hydrogens is 293 g/mol. The topological polar surface area (TPSA) is 139 Å². The quantitative estimate of drug-likeness (QED) is 0.523. The molecule has 0 aliphatic heterocycles. The Bertz CT molecular complexity index is 632. The maximum atomic E-state index is 13.1. The number of amides is 2. The first-order chi connectivity index (χ1) is 9.24. The largest absolute Gasteiger partial charge is 0.478 e. The Balaban J connectivity index is 2.85. The van der Waals surface area contributed by atoms with E-state index in [0.29, 0.717) is 6.07 Å². The van der Waals surface area contributed by atoms with Crippen molar-refractivity contribution >= 4 is 22.0 Å². The molecule has 0 aliphatic rings. The van der Waals surface area contributed by atoms with Gasteiger partial charge in [-0.15, -0.1) is 0 Å². The molecule has 5 N–H and O–H groups in total. The van der Waals surface area contributed by atoms with Crippen molar-refractivity contribution in [2.75, 3.05) is 13.1 Å². The van der Waals surface area contributed by atoms with Crippen LogP contribution in [0, 0.1) is 5.82 Å². The van der Waals surface area contributed by atoms with E-state index < -0.39 is 38.3 Å². The molecule has 1 aromatic carbocycles. The lowest BCUT2D eigenvalue weighted by Gasteiger charge is -2.08. The highest BCUT2D eigenvalue weighted by Gasteiger charge is 2.18.